The van der Waals surface area contributed by atoms with Crippen molar-refractivity contribution in [2.45, 2.75) is 95.4 Å². The molecule has 0 bridgehead atoms. The summed E-state index contributed by atoms with van der Waals surface area (Å²) < 4.78 is 16.5. The topological polar surface area (TPSA) is 137 Å². The van der Waals surface area contributed by atoms with E-state index in [2.05, 4.69) is 6.58 Å². The van der Waals surface area contributed by atoms with Gasteiger partial charge in [-0.2, -0.15) is 0 Å². The fourth-order valence-electron chi connectivity index (χ4n) is 4.83. The molecule has 2 rings (SSSR count). The van der Waals surface area contributed by atoms with Crippen molar-refractivity contribution >= 4 is 5.97 Å². The lowest BCUT2D eigenvalue weighted by atomic mass is 9.74. The van der Waals surface area contributed by atoms with E-state index in [1.54, 1.807) is 7.11 Å². The summed E-state index contributed by atoms with van der Waals surface area (Å²) in [6, 6.07) is 0. The number of esters is 1. The maximum Gasteiger partial charge on any atom is 0.330 e. The number of carbonyl (C=O) groups is 1. The van der Waals surface area contributed by atoms with E-state index in [1.165, 1.54) is 6.08 Å². The standard InChI is InChI=1S/C23H40O6.2H2O/c1-3-22(24)28-17-7-5-4-6-16-27-21-14-10-19(11-15-21)23(29-25)18-8-12-20(26-2)13-9-18;;/h3,18-21,23,25H,1,4-17H2,2H3;2*1H2. The second-order valence-electron chi connectivity index (χ2n) is 8.54. The molecule has 184 valence electrons. The van der Waals surface area contributed by atoms with Crippen molar-refractivity contribution in [1.29, 1.82) is 0 Å². The summed E-state index contributed by atoms with van der Waals surface area (Å²) in [6.45, 7) is 4.64. The molecule has 2 aliphatic carbocycles. The van der Waals surface area contributed by atoms with Crippen molar-refractivity contribution in [2.75, 3.05) is 20.3 Å². The first kappa shape index (κ1) is 30.0. The molecule has 8 nitrogen and oxygen atoms in total. The van der Waals surface area contributed by atoms with Crippen molar-refractivity contribution in [1.82, 2.24) is 0 Å². The first-order valence-electron chi connectivity index (χ1n) is 11.4. The molecular weight excluding hydrogens is 404 g/mol. The van der Waals surface area contributed by atoms with Gasteiger partial charge in [0.15, 0.2) is 0 Å². The molecule has 8 heteroatoms. The molecule has 0 aromatic heterocycles. The van der Waals surface area contributed by atoms with Crippen LogP contribution in [0.25, 0.3) is 0 Å². The fourth-order valence-corrected chi connectivity index (χ4v) is 4.83. The third-order valence-electron chi connectivity index (χ3n) is 6.63. The second kappa shape index (κ2) is 17.5. The Morgan fingerprint density at radius 3 is 1.90 bits per heavy atom. The van der Waals surface area contributed by atoms with Gasteiger partial charge < -0.3 is 25.2 Å². The number of unbranched alkanes of at least 4 members (excludes halogenated alkanes) is 3. The molecular formula is C23H44O8. The van der Waals surface area contributed by atoms with Crippen molar-refractivity contribution in [3.05, 3.63) is 12.7 Å². The molecule has 0 saturated heterocycles. The Morgan fingerprint density at radius 1 is 0.903 bits per heavy atom. The van der Waals surface area contributed by atoms with Gasteiger partial charge in [-0.05, 0) is 82.5 Å². The van der Waals surface area contributed by atoms with Gasteiger partial charge >= 0.3 is 5.97 Å². The number of hydrogen-bond acceptors (Lipinski definition) is 6. The van der Waals surface area contributed by atoms with Gasteiger partial charge in [0, 0.05) is 19.8 Å². The van der Waals surface area contributed by atoms with Gasteiger partial charge in [-0.1, -0.05) is 13.0 Å². The Hall–Kier alpha value is -1.03. The maximum absolute atomic E-state index is 10.9. The quantitative estimate of drug-likeness (QED) is 0.151. The lowest BCUT2D eigenvalue weighted by Gasteiger charge is -2.38. The van der Waals surface area contributed by atoms with Crippen LogP contribution in [0, 0.1) is 11.8 Å². The minimum atomic E-state index is -0.347. The minimum Gasteiger partial charge on any atom is -0.463 e. The van der Waals surface area contributed by atoms with E-state index in [9.17, 15) is 10.1 Å². The lowest BCUT2D eigenvalue weighted by Crippen LogP contribution is -2.38. The molecule has 1 unspecified atom stereocenters. The highest BCUT2D eigenvalue weighted by atomic mass is 17.1. The van der Waals surface area contributed by atoms with Crippen LogP contribution in [-0.2, 0) is 23.9 Å². The number of ether oxygens (including phenoxy) is 3. The summed E-state index contributed by atoms with van der Waals surface area (Å²) in [6.07, 6.45) is 14.4. The fraction of sp³-hybridized carbons (Fsp3) is 0.870. The minimum absolute atomic E-state index is 0. The summed E-state index contributed by atoms with van der Waals surface area (Å²) in [5.74, 6) is 0.530. The van der Waals surface area contributed by atoms with Crippen LogP contribution in [0.5, 0.6) is 0 Å². The zero-order valence-corrected chi connectivity index (χ0v) is 19.1. The van der Waals surface area contributed by atoms with E-state index in [0.717, 1.165) is 83.7 Å². The molecule has 31 heavy (non-hydrogen) atoms. The van der Waals surface area contributed by atoms with Crippen molar-refractivity contribution in [2.24, 2.45) is 11.8 Å². The molecule has 0 radical (unpaired) electrons. The average molecular weight is 449 g/mol. The maximum atomic E-state index is 10.9. The molecule has 0 aromatic carbocycles. The number of methoxy groups -OCH3 is 1. The summed E-state index contributed by atoms with van der Waals surface area (Å²) in [5, 5.41) is 9.53. The molecule has 0 aliphatic heterocycles. The van der Waals surface area contributed by atoms with Gasteiger partial charge in [0.05, 0.1) is 24.9 Å². The van der Waals surface area contributed by atoms with Gasteiger partial charge in [0.1, 0.15) is 0 Å². The predicted octanol–water partition coefficient (Wildman–Crippen LogP) is 3.27. The molecule has 2 aliphatic rings. The molecule has 0 aromatic rings. The van der Waals surface area contributed by atoms with Gasteiger partial charge in [-0.15, -0.1) is 0 Å². The van der Waals surface area contributed by atoms with Crippen LogP contribution in [0.4, 0.5) is 0 Å². The zero-order valence-electron chi connectivity index (χ0n) is 19.1. The lowest BCUT2D eigenvalue weighted by molar-refractivity contribution is -0.307. The number of carbonyl (C=O) groups excluding carboxylic acids is 1. The summed E-state index contributed by atoms with van der Waals surface area (Å²) in [4.78, 5) is 15.9. The third kappa shape index (κ3) is 10.9. The first-order valence-corrected chi connectivity index (χ1v) is 11.4. The smallest absolute Gasteiger partial charge is 0.330 e. The van der Waals surface area contributed by atoms with Crippen LogP contribution in [0.2, 0.25) is 0 Å². The van der Waals surface area contributed by atoms with Crippen LogP contribution in [-0.4, -0.2) is 60.8 Å². The average Bonchev–Trinajstić information content (AvgIpc) is 2.77. The Kier molecular flexibility index (Phi) is 16.9. The van der Waals surface area contributed by atoms with Gasteiger partial charge in [0.25, 0.3) is 0 Å². The van der Waals surface area contributed by atoms with E-state index in [4.69, 9.17) is 19.1 Å². The molecule has 1 atom stereocenters. The van der Waals surface area contributed by atoms with Gasteiger partial charge in [-0.25, -0.2) is 9.68 Å². The Bertz CT molecular complexity index is 456. The summed E-state index contributed by atoms with van der Waals surface area (Å²) in [7, 11) is 1.78. The largest absolute Gasteiger partial charge is 0.463 e. The van der Waals surface area contributed by atoms with E-state index < -0.39 is 0 Å². The van der Waals surface area contributed by atoms with Crippen LogP contribution in [0.3, 0.4) is 0 Å². The number of rotatable bonds is 13. The van der Waals surface area contributed by atoms with Crippen LogP contribution >= 0.6 is 0 Å². The van der Waals surface area contributed by atoms with E-state index >= 15 is 0 Å². The second-order valence-corrected chi connectivity index (χ2v) is 8.54. The van der Waals surface area contributed by atoms with E-state index in [0.29, 0.717) is 30.7 Å². The van der Waals surface area contributed by atoms with Crippen LogP contribution in [0.15, 0.2) is 12.7 Å². The molecule has 0 heterocycles. The van der Waals surface area contributed by atoms with E-state index in [1.807, 2.05) is 0 Å². The highest BCUT2D eigenvalue weighted by molar-refractivity contribution is 5.81. The van der Waals surface area contributed by atoms with Crippen LogP contribution in [0.1, 0.15) is 77.0 Å². The number of hydrogen-bond donors (Lipinski definition) is 1. The monoisotopic (exact) mass is 448 g/mol. The molecule has 5 N–H and O–H groups in total. The first-order chi connectivity index (χ1) is 14.2. The van der Waals surface area contributed by atoms with Crippen molar-refractivity contribution < 1.29 is 40.1 Å². The summed E-state index contributed by atoms with van der Waals surface area (Å²) in [5.41, 5.74) is 0. The Balaban J connectivity index is 0.00000450. The zero-order chi connectivity index (χ0) is 20.9. The van der Waals surface area contributed by atoms with Crippen molar-refractivity contribution in [3.63, 3.8) is 0 Å². The molecule has 0 amide bonds. The highest BCUT2D eigenvalue weighted by Gasteiger charge is 2.36. The van der Waals surface area contributed by atoms with Gasteiger partial charge in [0.2, 0.25) is 0 Å². The third-order valence-corrected chi connectivity index (χ3v) is 6.63. The summed E-state index contributed by atoms with van der Waals surface area (Å²) >= 11 is 0. The SMILES string of the molecule is C=CC(=O)OCCCCCCOC1CCC(C(OO)C2CCC(OC)CC2)CC1.O.O. The van der Waals surface area contributed by atoms with Gasteiger partial charge in [-0.3, -0.25) is 5.26 Å². The molecule has 2 saturated carbocycles. The Labute approximate surface area is 186 Å². The highest BCUT2D eigenvalue weighted by Crippen LogP contribution is 2.38. The molecule has 0 spiro atoms. The van der Waals surface area contributed by atoms with Crippen molar-refractivity contribution in [3.8, 4) is 0 Å². The normalized spacial score (nSPS) is 26.8. The van der Waals surface area contributed by atoms with E-state index in [-0.39, 0.29) is 23.0 Å². The predicted molar refractivity (Wildman–Crippen MR) is 119 cm³/mol. The molecule has 2 fully saturated rings. The van der Waals surface area contributed by atoms with Crippen LogP contribution < -0.4 is 0 Å². The Morgan fingerprint density at radius 2 is 1.42 bits per heavy atom.